The Morgan fingerprint density at radius 1 is 1.38 bits per heavy atom. The second-order valence-electron chi connectivity index (χ2n) is 8.58. The lowest BCUT2D eigenvalue weighted by atomic mass is 10.1. The van der Waals surface area contributed by atoms with Crippen LogP contribution in [-0.2, 0) is 20.6 Å². The zero-order chi connectivity index (χ0) is 22.1. The third-order valence-corrected chi connectivity index (χ3v) is 10.2. The molecule has 1 aliphatic heterocycles. The average Bonchev–Trinajstić information content (AvgIpc) is 2.90. The zero-order valence-electron chi connectivity index (χ0n) is 17.1. The highest BCUT2D eigenvalue weighted by molar-refractivity contribution is 6.74. The number of nitrogens with zero attached hydrogens (tertiary/aromatic N) is 1. The van der Waals surface area contributed by atoms with E-state index in [1.54, 1.807) is 0 Å². The van der Waals surface area contributed by atoms with Crippen LogP contribution < -0.4 is 5.32 Å². The van der Waals surface area contributed by atoms with Crippen molar-refractivity contribution in [3.63, 3.8) is 0 Å². The standard InChI is InChI=1S/C19H26ClFN2O5Si/c1-19(2,3)29(4,5)28-14-9-15(24)23(18(26)27)16(14)17(25)22-10-11-6-7-13(21)12(20)8-11/h6-8,14,16H,9-10H2,1-5H3,(H,22,25)(H,26,27)/t14-,16+/m1/s1. The fourth-order valence-corrected chi connectivity index (χ4v) is 4.35. The molecule has 2 rings (SSSR count). The molecule has 29 heavy (non-hydrogen) atoms. The minimum Gasteiger partial charge on any atom is -0.465 e. The van der Waals surface area contributed by atoms with Crippen LogP contribution in [0.5, 0.6) is 0 Å². The molecule has 0 unspecified atom stereocenters. The van der Waals surface area contributed by atoms with Crippen molar-refractivity contribution >= 4 is 37.8 Å². The number of likely N-dealkylation sites (tertiary alicyclic amines) is 1. The molecule has 1 aromatic carbocycles. The number of benzene rings is 1. The SMILES string of the molecule is CC(C)(C)[Si](C)(C)O[C@@H]1CC(=O)N(C(=O)O)[C@@H]1C(=O)NCc1ccc(F)c(Cl)c1. The molecule has 0 aromatic heterocycles. The van der Waals surface area contributed by atoms with Gasteiger partial charge in [0.15, 0.2) is 8.32 Å². The molecule has 1 aliphatic rings. The Morgan fingerprint density at radius 3 is 2.52 bits per heavy atom. The molecule has 160 valence electrons. The fraction of sp³-hybridized carbons (Fsp3) is 0.526. The number of amides is 3. The van der Waals surface area contributed by atoms with Crippen LogP contribution in [0, 0.1) is 5.82 Å². The smallest absolute Gasteiger partial charge is 0.414 e. The van der Waals surface area contributed by atoms with Gasteiger partial charge in [0.25, 0.3) is 0 Å². The van der Waals surface area contributed by atoms with Crippen molar-refractivity contribution in [3.05, 3.63) is 34.6 Å². The molecule has 1 aromatic rings. The second kappa shape index (κ2) is 8.41. The summed E-state index contributed by atoms with van der Waals surface area (Å²) in [6.07, 6.45) is -2.54. The summed E-state index contributed by atoms with van der Waals surface area (Å²) < 4.78 is 19.5. The van der Waals surface area contributed by atoms with Gasteiger partial charge in [-0.3, -0.25) is 9.59 Å². The normalized spacial score (nSPS) is 20.1. The van der Waals surface area contributed by atoms with Gasteiger partial charge in [0.1, 0.15) is 11.9 Å². The molecule has 10 heteroatoms. The summed E-state index contributed by atoms with van der Waals surface area (Å²) in [5.41, 5.74) is 0.540. The quantitative estimate of drug-likeness (QED) is 0.674. The second-order valence-corrected chi connectivity index (χ2v) is 13.7. The van der Waals surface area contributed by atoms with Gasteiger partial charge in [-0.05, 0) is 35.8 Å². The number of imide groups is 1. The number of hydrogen-bond acceptors (Lipinski definition) is 4. The molecule has 3 amide bonds. The third kappa shape index (κ3) is 5.15. The van der Waals surface area contributed by atoms with Crippen molar-refractivity contribution in [3.8, 4) is 0 Å². The summed E-state index contributed by atoms with van der Waals surface area (Å²) in [5, 5.41) is 11.8. The number of halogens is 2. The lowest BCUT2D eigenvalue weighted by Crippen LogP contribution is -2.54. The maximum Gasteiger partial charge on any atom is 0.414 e. The lowest BCUT2D eigenvalue weighted by molar-refractivity contribution is -0.134. The van der Waals surface area contributed by atoms with Crippen LogP contribution in [0.3, 0.4) is 0 Å². The van der Waals surface area contributed by atoms with Gasteiger partial charge in [-0.2, -0.15) is 0 Å². The molecular weight excluding hydrogens is 419 g/mol. The van der Waals surface area contributed by atoms with Crippen LogP contribution >= 0.6 is 11.6 Å². The molecule has 1 saturated heterocycles. The highest BCUT2D eigenvalue weighted by Gasteiger charge is 2.51. The van der Waals surface area contributed by atoms with E-state index in [9.17, 15) is 23.9 Å². The number of hydrogen-bond donors (Lipinski definition) is 2. The Labute approximate surface area is 175 Å². The molecule has 7 nitrogen and oxygen atoms in total. The minimum atomic E-state index is -2.36. The maximum atomic E-state index is 13.3. The Bertz CT molecular complexity index is 827. The molecule has 2 atom stereocenters. The monoisotopic (exact) mass is 444 g/mol. The number of rotatable bonds is 5. The predicted octanol–water partition coefficient (Wildman–Crippen LogP) is 3.76. The van der Waals surface area contributed by atoms with Gasteiger partial charge in [-0.15, -0.1) is 0 Å². The van der Waals surface area contributed by atoms with E-state index >= 15 is 0 Å². The van der Waals surface area contributed by atoms with E-state index in [2.05, 4.69) is 5.32 Å². The van der Waals surface area contributed by atoms with E-state index in [0.717, 1.165) is 0 Å². The van der Waals surface area contributed by atoms with Crippen molar-refractivity contribution in [1.29, 1.82) is 0 Å². The molecule has 0 spiro atoms. The molecule has 2 N–H and O–H groups in total. The van der Waals surface area contributed by atoms with Gasteiger partial charge >= 0.3 is 6.09 Å². The predicted molar refractivity (Wildman–Crippen MR) is 109 cm³/mol. The van der Waals surface area contributed by atoms with E-state index in [0.29, 0.717) is 10.5 Å². The average molecular weight is 445 g/mol. The van der Waals surface area contributed by atoms with Crippen LogP contribution in [-0.4, -0.2) is 48.4 Å². The highest BCUT2D eigenvalue weighted by Crippen LogP contribution is 2.39. The van der Waals surface area contributed by atoms with Gasteiger partial charge in [-0.1, -0.05) is 38.4 Å². The van der Waals surface area contributed by atoms with Crippen molar-refractivity contribution < 1.29 is 28.3 Å². The summed E-state index contributed by atoms with van der Waals surface area (Å²) in [6, 6.07) is 2.72. The Hall–Kier alpha value is -1.97. The topological polar surface area (TPSA) is 95.9 Å². The molecule has 0 aliphatic carbocycles. The number of carboxylic acid groups (broad SMARTS) is 1. The Morgan fingerprint density at radius 2 is 2.00 bits per heavy atom. The first-order valence-electron chi connectivity index (χ1n) is 9.19. The van der Waals surface area contributed by atoms with Crippen LogP contribution in [0.1, 0.15) is 32.8 Å². The van der Waals surface area contributed by atoms with Gasteiger partial charge < -0.3 is 14.8 Å². The number of carbonyl (C=O) groups is 3. The van der Waals surface area contributed by atoms with E-state index in [1.807, 2.05) is 33.9 Å². The summed E-state index contributed by atoms with van der Waals surface area (Å²) in [6.45, 7) is 9.98. The van der Waals surface area contributed by atoms with Crippen LogP contribution in [0.15, 0.2) is 18.2 Å². The molecule has 0 radical (unpaired) electrons. The van der Waals surface area contributed by atoms with Crippen molar-refractivity contribution in [2.45, 2.75) is 64.0 Å². The first kappa shape index (κ1) is 23.3. The Kier molecular flexibility index (Phi) is 6.76. The van der Waals surface area contributed by atoms with Crippen LogP contribution in [0.2, 0.25) is 23.2 Å². The van der Waals surface area contributed by atoms with Crippen molar-refractivity contribution in [2.24, 2.45) is 0 Å². The first-order chi connectivity index (χ1) is 13.2. The van der Waals surface area contributed by atoms with Gasteiger partial charge in [0.05, 0.1) is 17.5 Å². The fourth-order valence-electron chi connectivity index (χ4n) is 2.82. The summed E-state index contributed by atoms with van der Waals surface area (Å²) in [4.78, 5) is 37.3. The number of carbonyl (C=O) groups excluding carboxylic acids is 2. The van der Waals surface area contributed by atoms with Crippen molar-refractivity contribution in [2.75, 3.05) is 0 Å². The van der Waals surface area contributed by atoms with Gasteiger partial charge in [-0.25, -0.2) is 14.1 Å². The largest absolute Gasteiger partial charge is 0.465 e. The molecule has 1 fully saturated rings. The maximum absolute atomic E-state index is 13.3. The van der Waals surface area contributed by atoms with E-state index < -0.39 is 44.2 Å². The summed E-state index contributed by atoms with van der Waals surface area (Å²) in [5.74, 6) is -1.91. The summed E-state index contributed by atoms with van der Waals surface area (Å²) in [7, 11) is -2.36. The zero-order valence-corrected chi connectivity index (χ0v) is 18.8. The highest BCUT2D eigenvalue weighted by atomic mass is 35.5. The third-order valence-electron chi connectivity index (χ3n) is 5.45. The molecule has 1 heterocycles. The first-order valence-corrected chi connectivity index (χ1v) is 12.5. The van der Waals surface area contributed by atoms with Crippen LogP contribution in [0.4, 0.5) is 9.18 Å². The summed E-state index contributed by atoms with van der Waals surface area (Å²) >= 11 is 5.74. The number of nitrogens with one attached hydrogen (secondary N) is 1. The molecular formula is C19H26ClFN2O5Si. The van der Waals surface area contributed by atoms with E-state index in [1.165, 1.54) is 18.2 Å². The minimum absolute atomic E-state index is 0.00376. The van der Waals surface area contributed by atoms with E-state index in [-0.39, 0.29) is 23.0 Å². The van der Waals surface area contributed by atoms with E-state index in [4.69, 9.17) is 16.0 Å². The van der Waals surface area contributed by atoms with Gasteiger partial charge in [0.2, 0.25) is 11.8 Å². The Balaban J connectivity index is 2.22. The molecule has 0 saturated carbocycles. The van der Waals surface area contributed by atoms with Gasteiger partial charge in [0, 0.05) is 6.54 Å². The lowest BCUT2D eigenvalue weighted by Gasteiger charge is -2.39. The van der Waals surface area contributed by atoms with Crippen molar-refractivity contribution in [1.82, 2.24) is 10.2 Å². The molecule has 0 bridgehead atoms. The van der Waals surface area contributed by atoms with Crippen LogP contribution in [0.25, 0.3) is 0 Å².